The Bertz CT molecular complexity index is 1210. The van der Waals surface area contributed by atoms with E-state index in [1.54, 1.807) is 23.6 Å². The highest BCUT2D eigenvalue weighted by Gasteiger charge is 2.48. The molecule has 1 unspecified atom stereocenters. The van der Waals surface area contributed by atoms with Crippen LogP contribution in [0.1, 0.15) is 31.0 Å². The Morgan fingerprint density at radius 3 is 2.42 bits per heavy atom. The highest BCUT2D eigenvalue weighted by molar-refractivity contribution is 7.14. The predicted octanol–water partition coefficient (Wildman–Crippen LogP) is 4.71. The Kier molecular flexibility index (Phi) is 6.41. The number of ketones is 1. The van der Waals surface area contributed by atoms with Crippen molar-refractivity contribution in [1.29, 1.82) is 0 Å². The molecule has 1 fully saturated rings. The van der Waals surface area contributed by atoms with Gasteiger partial charge in [0.25, 0.3) is 5.78 Å². The molecule has 0 saturated carbocycles. The molecule has 7 nitrogen and oxygen atoms in total. The lowest BCUT2D eigenvalue weighted by Gasteiger charge is -2.24. The van der Waals surface area contributed by atoms with E-state index in [1.807, 2.05) is 13.8 Å². The van der Waals surface area contributed by atoms with Crippen LogP contribution in [0, 0.1) is 5.82 Å². The number of ether oxygens (including phenoxy) is 2. The lowest BCUT2D eigenvalue weighted by Crippen LogP contribution is -2.29. The van der Waals surface area contributed by atoms with Crippen LogP contribution in [0.2, 0.25) is 0 Å². The fraction of sp³-hybridized carbons (Fsp3) is 0.208. The average Bonchev–Trinajstić information content (AvgIpc) is 3.42. The molecular weight excluding hydrogens is 447 g/mol. The number of Topliss-reactive ketones (excluding diaryl/α,β-unsaturated/α-hetero) is 1. The summed E-state index contributed by atoms with van der Waals surface area (Å²) in [7, 11) is 0. The van der Waals surface area contributed by atoms with E-state index >= 15 is 0 Å². The van der Waals surface area contributed by atoms with Crippen molar-refractivity contribution >= 4 is 33.9 Å². The maximum absolute atomic E-state index is 13.4. The number of carbonyl (C=O) groups excluding carboxylic acids is 2. The first-order chi connectivity index (χ1) is 16.0. The molecule has 9 heteroatoms. The molecule has 170 valence electrons. The standard InChI is InChI=1S/C24H21FN2O5S/c1-3-31-17-10-7-15(13-18(17)32-4-2)20-19(21(28)14-5-8-16(25)9-6-14)22(29)23(30)27(20)24-26-11-12-33-24/h5-13,20,28H,3-4H2,1-2H3/b21-19+. The summed E-state index contributed by atoms with van der Waals surface area (Å²) in [6.45, 7) is 4.50. The molecule has 4 rings (SSSR count). The number of aliphatic hydroxyl groups is 1. The zero-order valence-electron chi connectivity index (χ0n) is 17.9. The number of benzene rings is 2. The Labute approximate surface area is 193 Å². The molecule has 33 heavy (non-hydrogen) atoms. The molecule has 1 aromatic heterocycles. The number of hydrogen-bond acceptors (Lipinski definition) is 7. The molecule has 3 aromatic rings. The van der Waals surface area contributed by atoms with Gasteiger partial charge in [-0.1, -0.05) is 6.07 Å². The molecule has 1 amide bonds. The number of rotatable bonds is 7. The molecule has 2 aromatic carbocycles. The van der Waals surface area contributed by atoms with E-state index in [9.17, 15) is 19.1 Å². The van der Waals surface area contributed by atoms with Gasteiger partial charge in [0.05, 0.1) is 24.8 Å². The monoisotopic (exact) mass is 468 g/mol. The molecule has 0 bridgehead atoms. The molecule has 0 aliphatic carbocycles. The van der Waals surface area contributed by atoms with Crippen molar-refractivity contribution in [3.8, 4) is 11.5 Å². The van der Waals surface area contributed by atoms with Crippen LogP contribution in [0.25, 0.3) is 5.76 Å². The lowest BCUT2D eigenvalue weighted by atomic mass is 9.95. The van der Waals surface area contributed by atoms with Gasteiger partial charge < -0.3 is 14.6 Å². The fourth-order valence-corrected chi connectivity index (χ4v) is 4.35. The van der Waals surface area contributed by atoms with Gasteiger partial charge in [-0.2, -0.15) is 0 Å². The summed E-state index contributed by atoms with van der Waals surface area (Å²) >= 11 is 1.19. The number of nitrogens with zero attached hydrogens (tertiary/aromatic N) is 2. The van der Waals surface area contributed by atoms with Gasteiger partial charge in [0, 0.05) is 17.1 Å². The largest absolute Gasteiger partial charge is 0.507 e. The molecule has 1 aliphatic heterocycles. The second kappa shape index (κ2) is 9.41. The highest BCUT2D eigenvalue weighted by Crippen LogP contribution is 2.44. The Morgan fingerprint density at radius 1 is 1.09 bits per heavy atom. The highest BCUT2D eigenvalue weighted by atomic mass is 32.1. The van der Waals surface area contributed by atoms with Crippen LogP contribution in [0.5, 0.6) is 11.5 Å². The van der Waals surface area contributed by atoms with Crippen molar-refractivity contribution in [2.75, 3.05) is 18.1 Å². The van der Waals surface area contributed by atoms with Crippen LogP contribution >= 0.6 is 11.3 Å². The zero-order chi connectivity index (χ0) is 23.5. The summed E-state index contributed by atoms with van der Waals surface area (Å²) in [6.07, 6.45) is 1.53. The average molecular weight is 469 g/mol. The van der Waals surface area contributed by atoms with E-state index in [2.05, 4.69) is 4.98 Å². The second-order valence-electron chi connectivity index (χ2n) is 7.06. The lowest BCUT2D eigenvalue weighted by molar-refractivity contribution is -0.132. The van der Waals surface area contributed by atoms with Crippen molar-refractivity contribution < 1.29 is 28.6 Å². The van der Waals surface area contributed by atoms with Gasteiger partial charge in [0.1, 0.15) is 11.6 Å². The topological polar surface area (TPSA) is 89.0 Å². The van der Waals surface area contributed by atoms with E-state index in [4.69, 9.17) is 9.47 Å². The van der Waals surface area contributed by atoms with Crippen LogP contribution < -0.4 is 14.4 Å². The van der Waals surface area contributed by atoms with Crippen molar-refractivity contribution in [1.82, 2.24) is 4.98 Å². The number of hydrogen-bond donors (Lipinski definition) is 1. The van der Waals surface area contributed by atoms with E-state index in [0.29, 0.717) is 35.4 Å². The van der Waals surface area contributed by atoms with E-state index in [-0.39, 0.29) is 11.1 Å². The molecular formula is C24H21FN2O5S. The molecule has 1 saturated heterocycles. The smallest absolute Gasteiger partial charge is 0.301 e. The zero-order valence-corrected chi connectivity index (χ0v) is 18.8. The van der Waals surface area contributed by atoms with E-state index in [0.717, 1.165) is 0 Å². The van der Waals surface area contributed by atoms with Gasteiger partial charge in [-0.3, -0.25) is 14.5 Å². The second-order valence-corrected chi connectivity index (χ2v) is 7.94. The third-order valence-electron chi connectivity index (χ3n) is 5.07. The molecule has 1 atom stereocenters. The Hall–Kier alpha value is -3.72. The third-order valence-corrected chi connectivity index (χ3v) is 5.84. The van der Waals surface area contributed by atoms with Gasteiger partial charge in [-0.05, 0) is 55.8 Å². The van der Waals surface area contributed by atoms with Crippen molar-refractivity contribution in [2.45, 2.75) is 19.9 Å². The van der Waals surface area contributed by atoms with Crippen LogP contribution in [-0.2, 0) is 9.59 Å². The maximum atomic E-state index is 13.4. The van der Waals surface area contributed by atoms with Gasteiger partial charge in [0.2, 0.25) is 0 Å². The molecule has 1 aliphatic rings. The van der Waals surface area contributed by atoms with Crippen LogP contribution in [0.15, 0.2) is 59.6 Å². The first kappa shape index (κ1) is 22.5. The van der Waals surface area contributed by atoms with Crippen LogP contribution in [-0.4, -0.2) is 35.0 Å². The maximum Gasteiger partial charge on any atom is 0.301 e. The first-order valence-corrected chi connectivity index (χ1v) is 11.2. The summed E-state index contributed by atoms with van der Waals surface area (Å²) in [5.41, 5.74) is 0.628. The molecule has 0 radical (unpaired) electrons. The summed E-state index contributed by atoms with van der Waals surface area (Å²) in [5.74, 6) is -1.59. The van der Waals surface area contributed by atoms with Gasteiger partial charge in [-0.25, -0.2) is 9.37 Å². The van der Waals surface area contributed by atoms with Crippen LogP contribution in [0.3, 0.4) is 0 Å². The van der Waals surface area contributed by atoms with E-state index < -0.39 is 29.3 Å². The normalized spacial score (nSPS) is 17.4. The third kappa shape index (κ3) is 4.19. The minimum absolute atomic E-state index is 0.117. The van der Waals surface area contributed by atoms with Crippen molar-refractivity contribution in [3.05, 3.63) is 76.6 Å². The van der Waals surface area contributed by atoms with Crippen LogP contribution in [0.4, 0.5) is 9.52 Å². The number of carbonyl (C=O) groups is 2. The van der Waals surface area contributed by atoms with Gasteiger partial charge >= 0.3 is 5.91 Å². The minimum atomic E-state index is -0.962. The number of halogens is 1. The predicted molar refractivity (Wildman–Crippen MR) is 122 cm³/mol. The molecule has 0 spiro atoms. The number of aliphatic hydroxyl groups excluding tert-OH is 1. The molecule has 2 heterocycles. The summed E-state index contributed by atoms with van der Waals surface area (Å²) in [4.78, 5) is 31.6. The van der Waals surface area contributed by atoms with Gasteiger partial charge in [-0.15, -0.1) is 11.3 Å². The van der Waals surface area contributed by atoms with Crippen molar-refractivity contribution in [2.24, 2.45) is 0 Å². The number of aromatic nitrogens is 1. The first-order valence-electron chi connectivity index (χ1n) is 10.3. The minimum Gasteiger partial charge on any atom is -0.507 e. The van der Waals surface area contributed by atoms with Crippen molar-refractivity contribution in [3.63, 3.8) is 0 Å². The van der Waals surface area contributed by atoms with Gasteiger partial charge in [0.15, 0.2) is 16.6 Å². The fourth-order valence-electron chi connectivity index (χ4n) is 3.68. The Balaban J connectivity index is 1.92. The SMILES string of the molecule is CCOc1ccc(C2/C(=C(\O)c3ccc(F)cc3)C(=O)C(=O)N2c2nccs2)cc1OCC. The molecule has 1 N–H and O–H groups in total. The summed E-state index contributed by atoms with van der Waals surface area (Å²) < 4.78 is 24.8. The number of thiazole rings is 1. The van der Waals surface area contributed by atoms with E-state index in [1.165, 1.54) is 46.7 Å². The quantitative estimate of drug-likeness (QED) is 0.307. The summed E-state index contributed by atoms with van der Waals surface area (Å²) in [5, 5.41) is 13.0. The summed E-state index contributed by atoms with van der Waals surface area (Å²) in [6, 6.07) is 9.17. The number of anilines is 1. The Morgan fingerprint density at radius 2 is 1.79 bits per heavy atom. The number of amides is 1.